The Hall–Kier alpha value is -1.35. The summed E-state index contributed by atoms with van der Waals surface area (Å²) in [5, 5.41) is 8.79. The Bertz CT molecular complexity index is 294. The smallest absolute Gasteiger partial charge is 0.150 e. The van der Waals surface area contributed by atoms with Crippen molar-refractivity contribution in [3.63, 3.8) is 0 Å². The third kappa shape index (κ3) is 2.06. The predicted molar refractivity (Wildman–Crippen MR) is 49.2 cm³/mol. The number of aliphatic hydroxyl groups excluding tert-OH is 1. The standard InChI is InChI=1S/C10H12O3/c1-13-10-4-2-3-8(7-12)9(10)5-6-11/h2-4,7,11H,5-6H2,1H3. The van der Waals surface area contributed by atoms with Crippen molar-refractivity contribution in [3.8, 4) is 5.75 Å². The minimum absolute atomic E-state index is 0.0151. The number of aliphatic hydroxyl groups is 1. The fourth-order valence-electron chi connectivity index (χ4n) is 1.26. The zero-order valence-corrected chi connectivity index (χ0v) is 7.49. The minimum Gasteiger partial charge on any atom is -0.496 e. The first-order valence-electron chi connectivity index (χ1n) is 4.05. The van der Waals surface area contributed by atoms with Gasteiger partial charge >= 0.3 is 0 Å². The molecule has 0 amide bonds. The average molecular weight is 180 g/mol. The van der Waals surface area contributed by atoms with Gasteiger partial charge in [0.25, 0.3) is 0 Å². The molecule has 1 aromatic carbocycles. The van der Waals surface area contributed by atoms with Gasteiger partial charge in [0.2, 0.25) is 0 Å². The molecule has 0 aliphatic rings. The van der Waals surface area contributed by atoms with E-state index in [2.05, 4.69) is 0 Å². The van der Waals surface area contributed by atoms with Gasteiger partial charge in [0.15, 0.2) is 0 Å². The summed E-state index contributed by atoms with van der Waals surface area (Å²) in [6.07, 6.45) is 1.21. The Morgan fingerprint density at radius 2 is 2.31 bits per heavy atom. The molecule has 0 radical (unpaired) electrons. The van der Waals surface area contributed by atoms with Crippen LogP contribution < -0.4 is 4.74 Å². The van der Waals surface area contributed by atoms with Crippen LogP contribution in [0.3, 0.4) is 0 Å². The molecule has 0 aliphatic carbocycles. The molecule has 0 saturated heterocycles. The van der Waals surface area contributed by atoms with E-state index < -0.39 is 0 Å². The molecule has 0 aromatic heterocycles. The summed E-state index contributed by atoms with van der Waals surface area (Å²) in [7, 11) is 1.55. The lowest BCUT2D eigenvalue weighted by Crippen LogP contribution is -2.00. The zero-order chi connectivity index (χ0) is 9.68. The van der Waals surface area contributed by atoms with Crippen LogP contribution in [0, 0.1) is 0 Å². The normalized spacial score (nSPS) is 9.69. The Morgan fingerprint density at radius 3 is 2.85 bits per heavy atom. The van der Waals surface area contributed by atoms with Gasteiger partial charge in [-0.15, -0.1) is 0 Å². The molecule has 1 aromatic rings. The van der Waals surface area contributed by atoms with Gasteiger partial charge in [0, 0.05) is 17.7 Å². The molecular weight excluding hydrogens is 168 g/mol. The highest BCUT2D eigenvalue weighted by Crippen LogP contribution is 2.21. The molecule has 0 atom stereocenters. The number of hydrogen-bond acceptors (Lipinski definition) is 3. The summed E-state index contributed by atoms with van der Waals surface area (Å²) in [6.45, 7) is 0.0151. The van der Waals surface area contributed by atoms with Crippen LogP contribution in [0.2, 0.25) is 0 Å². The largest absolute Gasteiger partial charge is 0.496 e. The molecule has 70 valence electrons. The molecule has 0 spiro atoms. The molecule has 13 heavy (non-hydrogen) atoms. The topological polar surface area (TPSA) is 46.5 Å². The second kappa shape index (κ2) is 4.62. The Kier molecular flexibility index (Phi) is 3.46. The average Bonchev–Trinajstić information content (AvgIpc) is 2.18. The number of benzene rings is 1. The van der Waals surface area contributed by atoms with E-state index >= 15 is 0 Å². The van der Waals surface area contributed by atoms with E-state index in [9.17, 15) is 4.79 Å². The summed E-state index contributed by atoms with van der Waals surface area (Å²) in [5.41, 5.74) is 1.34. The van der Waals surface area contributed by atoms with Crippen LogP contribution in [0.5, 0.6) is 5.75 Å². The maximum atomic E-state index is 10.6. The van der Waals surface area contributed by atoms with Gasteiger partial charge in [0.05, 0.1) is 7.11 Å². The van der Waals surface area contributed by atoms with E-state index in [1.807, 2.05) is 0 Å². The summed E-state index contributed by atoms with van der Waals surface area (Å²) in [4.78, 5) is 10.6. The maximum absolute atomic E-state index is 10.6. The van der Waals surface area contributed by atoms with Crippen LogP contribution in [0.25, 0.3) is 0 Å². The number of methoxy groups -OCH3 is 1. The third-order valence-electron chi connectivity index (χ3n) is 1.88. The summed E-state index contributed by atoms with van der Waals surface area (Å²) in [5.74, 6) is 0.652. The van der Waals surface area contributed by atoms with E-state index in [-0.39, 0.29) is 6.61 Å². The lowest BCUT2D eigenvalue weighted by atomic mass is 10.0. The zero-order valence-electron chi connectivity index (χ0n) is 7.49. The highest BCUT2D eigenvalue weighted by atomic mass is 16.5. The van der Waals surface area contributed by atoms with E-state index in [4.69, 9.17) is 9.84 Å². The number of hydrogen-bond donors (Lipinski definition) is 1. The highest BCUT2D eigenvalue weighted by Gasteiger charge is 2.06. The van der Waals surface area contributed by atoms with Crippen molar-refractivity contribution in [2.24, 2.45) is 0 Å². The van der Waals surface area contributed by atoms with Crippen LogP contribution in [0.15, 0.2) is 18.2 Å². The van der Waals surface area contributed by atoms with Crippen molar-refractivity contribution < 1.29 is 14.6 Å². The van der Waals surface area contributed by atoms with Gasteiger partial charge in [-0.25, -0.2) is 0 Å². The Balaban J connectivity index is 3.12. The van der Waals surface area contributed by atoms with Crippen LogP contribution >= 0.6 is 0 Å². The summed E-state index contributed by atoms with van der Waals surface area (Å²) in [6, 6.07) is 5.24. The Morgan fingerprint density at radius 1 is 1.54 bits per heavy atom. The molecule has 0 heterocycles. The fraction of sp³-hybridized carbons (Fsp3) is 0.300. The first-order valence-corrected chi connectivity index (χ1v) is 4.05. The van der Waals surface area contributed by atoms with Crippen molar-refractivity contribution in [2.45, 2.75) is 6.42 Å². The summed E-state index contributed by atoms with van der Waals surface area (Å²) >= 11 is 0. The number of carbonyl (C=O) groups excluding carboxylic acids is 1. The van der Waals surface area contributed by atoms with Gasteiger partial charge in [0.1, 0.15) is 12.0 Å². The van der Waals surface area contributed by atoms with E-state index in [0.29, 0.717) is 17.7 Å². The van der Waals surface area contributed by atoms with Crippen LogP contribution in [0.1, 0.15) is 15.9 Å². The van der Waals surface area contributed by atoms with Crippen LogP contribution in [-0.4, -0.2) is 25.1 Å². The number of ether oxygens (including phenoxy) is 1. The lowest BCUT2D eigenvalue weighted by Gasteiger charge is -2.08. The molecule has 3 nitrogen and oxygen atoms in total. The van der Waals surface area contributed by atoms with Gasteiger partial charge < -0.3 is 9.84 Å². The lowest BCUT2D eigenvalue weighted by molar-refractivity contribution is 0.112. The third-order valence-corrected chi connectivity index (χ3v) is 1.88. The number of aldehydes is 1. The van der Waals surface area contributed by atoms with E-state index in [0.717, 1.165) is 11.8 Å². The van der Waals surface area contributed by atoms with E-state index in [1.54, 1.807) is 25.3 Å². The van der Waals surface area contributed by atoms with Crippen molar-refractivity contribution in [3.05, 3.63) is 29.3 Å². The molecule has 3 heteroatoms. The minimum atomic E-state index is 0.0151. The second-order valence-electron chi connectivity index (χ2n) is 2.62. The van der Waals surface area contributed by atoms with Crippen molar-refractivity contribution in [1.29, 1.82) is 0 Å². The van der Waals surface area contributed by atoms with Gasteiger partial charge in [-0.1, -0.05) is 12.1 Å². The van der Waals surface area contributed by atoms with Gasteiger partial charge in [-0.05, 0) is 12.5 Å². The maximum Gasteiger partial charge on any atom is 0.150 e. The SMILES string of the molecule is COc1cccc(C=O)c1CCO. The molecule has 0 bridgehead atoms. The second-order valence-corrected chi connectivity index (χ2v) is 2.62. The van der Waals surface area contributed by atoms with E-state index in [1.165, 1.54) is 0 Å². The van der Waals surface area contributed by atoms with Crippen molar-refractivity contribution in [1.82, 2.24) is 0 Å². The van der Waals surface area contributed by atoms with Crippen LogP contribution in [0.4, 0.5) is 0 Å². The molecule has 1 N–H and O–H groups in total. The number of carbonyl (C=O) groups is 1. The van der Waals surface area contributed by atoms with Crippen molar-refractivity contribution >= 4 is 6.29 Å². The quantitative estimate of drug-likeness (QED) is 0.704. The van der Waals surface area contributed by atoms with Gasteiger partial charge in [-0.3, -0.25) is 4.79 Å². The Labute approximate surface area is 77.0 Å². The first-order chi connectivity index (χ1) is 6.33. The first kappa shape index (κ1) is 9.74. The predicted octanol–water partition coefficient (Wildman–Crippen LogP) is 1.04. The fourth-order valence-corrected chi connectivity index (χ4v) is 1.26. The molecule has 0 saturated carbocycles. The summed E-state index contributed by atoms with van der Waals surface area (Å²) < 4.78 is 5.07. The molecule has 0 aliphatic heterocycles. The molecular formula is C10H12O3. The molecule has 0 unspecified atom stereocenters. The monoisotopic (exact) mass is 180 g/mol. The highest BCUT2D eigenvalue weighted by molar-refractivity contribution is 5.78. The van der Waals surface area contributed by atoms with Gasteiger partial charge in [-0.2, -0.15) is 0 Å². The molecule has 1 rings (SSSR count). The van der Waals surface area contributed by atoms with Crippen LogP contribution in [-0.2, 0) is 6.42 Å². The molecule has 0 fully saturated rings. The van der Waals surface area contributed by atoms with Crippen molar-refractivity contribution in [2.75, 3.05) is 13.7 Å². The number of rotatable bonds is 4.